The maximum absolute atomic E-state index is 13.7. The van der Waals surface area contributed by atoms with Gasteiger partial charge in [0.1, 0.15) is 11.4 Å². The summed E-state index contributed by atoms with van der Waals surface area (Å²) < 4.78 is 11.1. The molecule has 0 bridgehead atoms. The third-order valence-electron chi connectivity index (χ3n) is 8.15. The van der Waals surface area contributed by atoms with Crippen LogP contribution in [0.15, 0.2) is 72.9 Å². The third-order valence-corrected chi connectivity index (χ3v) is 8.15. The molecule has 44 heavy (non-hydrogen) atoms. The fourth-order valence-electron chi connectivity index (χ4n) is 6.04. The minimum Gasteiger partial charge on any atom is -0.497 e. The molecular weight excluding hydrogens is 550 g/mol. The van der Waals surface area contributed by atoms with Gasteiger partial charge in [-0.2, -0.15) is 0 Å². The number of carbonyl (C=O) groups excluding carboxylic acids is 2. The molecule has 0 aliphatic carbocycles. The number of fused-ring (bicyclic) bond motifs is 1. The highest BCUT2D eigenvalue weighted by Gasteiger charge is 2.24. The van der Waals surface area contributed by atoms with Gasteiger partial charge in [0.25, 0.3) is 0 Å². The Kier molecular flexibility index (Phi) is 9.93. The molecule has 1 saturated heterocycles. The number of methoxy groups -OCH3 is 1. The van der Waals surface area contributed by atoms with Crippen molar-refractivity contribution in [2.24, 2.45) is 0 Å². The van der Waals surface area contributed by atoms with Crippen molar-refractivity contribution in [3.05, 3.63) is 95.2 Å². The second-order valence-corrected chi connectivity index (χ2v) is 12.7. The highest BCUT2D eigenvalue weighted by atomic mass is 16.6. The van der Waals surface area contributed by atoms with E-state index in [9.17, 15) is 9.59 Å². The summed E-state index contributed by atoms with van der Waals surface area (Å²) in [6.45, 7) is 7.60. The summed E-state index contributed by atoms with van der Waals surface area (Å²) in [6.07, 6.45) is 7.84. The van der Waals surface area contributed by atoms with E-state index in [1.54, 1.807) is 7.11 Å². The molecule has 1 fully saturated rings. The number of H-pyrrole nitrogens is 1. The first-order valence-electron chi connectivity index (χ1n) is 15.8. The number of rotatable bonds is 10. The molecule has 5 rings (SSSR count). The van der Waals surface area contributed by atoms with E-state index >= 15 is 0 Å². The van der Waals surface area contributed by atoms with Crippen LogP contribution in [0.1, 0.15) is 81.2 Å². The van der Waals surface area contributed by atoms with Crippen molar-refractivity contribution in [1.82, 2.24) is 10.3 Å². The molecule has 1 aliphatic rings. The quantitative estimate of drug-likeness (QED) is 0.188. The largest absolute Gasteiger partial charge is 0.497 e. The Morgan fingerprint density at radius 3 is 2.41 bits per heavy atom. The van der Waals surface area contributed by atoms with Gasteiger partial charge in [0.2, 0.25) is 5.91 Å². The first-order valence-corrected chi connectivity index (χ1v) is 15.8. The van der Waals surface area contributed by atoms with Crippen LogP contribution in [0.2, 0.25) is 0 Å². The minimum absolute atomic E-state index is 0.0540. The Morgan fingerprint density at radius 1 is 0.955 bits per heavy atom. The number of nitrogens with one attached hydrogen (secondary N) is 2. The van der Waals surface area contributed by atoms with Crippen molar-refractivity contribution in [3.63, 3.8) is 0 Å². The number of aromatic amines is 1. The van der Waals surface area contributed by atoms with Crippen LogP contribution in [0.4, 0.5) is 5.69 Å². The summed E-state index contributed by atoms with van der Waals surface area (Å²) in [5.41, 5.74) is 5.65. The lowest BCUT2D eigenvalue weighted by Gasteiger charge is -2.30. The molecule has 0 saturated carbocycles. The Labute approximate surface area is 260 Å². The topological polar surface area (TPSA) is 83.7 Å². The van der Waals surface area contributed by atoms with Crippen LogP contribution in [0.3, 0.4) is 0 Å². The van der Waals surface area contributed by atoms with E-state index in [4.69, 9.17) is 9.47 Å². The van der Waals surface area contributed by atoms with Crippen LogP contribution in [0.25, 0.3) is 10.9 Å². The van der Waals surface area contributed by atoms with Gasteiger partial charge in [-0.3, -0.25) is 9.59 Å². The van der Waals surface area contributed by atoms with Gasteiger partial charge >= 0.3 is 5.97 Å². The van der Waals surface area contributed by atoms with Crippen LogP contribution in [-0.4, -0.2) is 42.7 Å². The number of amides is 1. The molecule has 2 heterocycles. The van der Waals surface area contributed by atoms with Gasteiger partial charge in [0.05, 0.1) is 19.6 Å². The van der Waals surface area contributed by atoms with E-state index in [0.29, 0.717) is 12.8 Å². The number of hydrogen-bond donors (Lipinski definition) is 2. The number of aryl methyl sites for hydroxylation is 1. The fourth-order valence-corrected chi connectivity index (χ4v) is 6.04. The normalized spacial score (nSPS) is 14.6. The Morgan fingerprint density at radius 2 is 1.70 bits per heavy atom. The molecule has 4 aromatic rings. The summed E-state index contributed by atoms with van der Waals surface area (Å²) in [5.74, 6) is 0.544. The molecule has 1 atom stereocenters. The van der Waals surface area contributed by atoms with Gasteiger partial charge in [0.15, 0.2) is 0 Å². The summed E-state index contributed by atoms with van der Waals surface area (Å²) >= 11 is 0. The van der Waals surface area contributed by atoms with Crippen molar-refractivity contribution >= 4 is 28.5 Å². The molecule has 232 valence electrons. The maximum atomic E-state index is 13.7. The Bertz CT molecular complexity index is 1560. The molecule has 2 N–H and O–H groups in total. The van der Waals surface area contributed by atoms with Crippen LogP contribution in [0.5, 0.6) is 5.75 Å². The van der Waals surface area contributed by atoms with E-state index in [-0.39, 0.29) is 24.3 Å². The van der Waals surface area contributed by atoms with E-state index in [0.717, 1.165) is 70.5 Å². The lowest BCUT2D eigenvalue weighted by Crippen LogP contribution is -2.33. The van der Waals surface area contributed by atoms with Crippen molar-refractivity contribution in [2.75, 3.05) is 25.1 Å². The Hall–Kier alpha value is -4.26. The number of hydrogen-bond acceptors (Lipinski definition) is 5. The zero-order chi connectivity index (χ0) is 31.1. The molecule has 1 aliphatic heterocycles. The predicted molar refractivity (Wildman–Crippen MR) is 176 cm³/mol. The summed E-state index contributed by atoms with van der Waals surface area (Å²) in [6, 6.07) is 22.1. The number of aromatic nitrogens is 1. The van der Waals surface area contributed by atoms with E-state index in [1.165, 1.54) is 12.8 Å². The second-order valence-electron chi connectivity index (χ2n) is 12.7. The minimum atomic E-state index is -0.505. The first-order chi connectivity index (χ1) is 21.2. The molecule has 3 aromatic carbocycles. The van der Waals surface area contributed by atoms with Gasteiger partial charge < -0.3 is 24.7 Å². The van der Waals surface area contributed by atoms with Gasteiger partial charge in [-0.1, -0.05) is 55.3 Å². The molecule has 1 aromatic heterocycles. The molecular formula is C37H45N3O4. The average molecular weight is 596 g/mol. The first kappa shape index (κ1) is 31.2. The number of nitrogens with zero attached hydrogens (tertiary/aromatic N) is 1. The van der Waals surface area contributed by atoms with Crippen LogP contribution < -0.4 is 15.0 Å². The number of anilines is 1. The van der Waals surface area contributed by atoms with E-state index in [1.807, 2.05) is 63.4 Å². The van der Waals surface area contributed by atoms with Gasteiger partial charge in [-0.15, -0.1) is 0 Å². The van der Waals surface area contributed by atoms with Gasteiger partial charge in [-0.25, -0.2) is 0 Å². The molecule has 7 nitrogen and oxygen atoms in total. The molecule has 7 heteroatoms. The molecule has 1 unspecified atom stereocenters. The van der Waals surface area contributed by atoms with Crippen molar-refractivity contribution < 1.29 is 19.1 Å². The van der Waals surface area contributed by atoms with Gasteiger partial charge in [-0.05, 0) is 74.9 Å². The van der Waals surface area contributed by atoms with Crippen LogP contribution in [-0.2, 0) is 27.2 Å². The standard InChI is InChI=1S/C37H45N3O4/c1-37(2,3)44-35(42)19-15-28-25-38-32-18-14-26(22-31(28)32)23-34(41)39-36(27-12-8-7-9-13-27)30-17-16-29(43-4)24-33(30)40-20-10-5-6-11-21-40/h7-9,12-14,16-18,22,24-25,36,38H,5-6,10-11,15,19-21,23H2,1-4H3,(H,39,41). The molecule has 0 radical (unpaired) electrons. The lowest BCUT2D eigenvalue weighted by atomic mass is 9.95. The van der Waals surface area contributed by atoms with Crippen molar-refractivity contribution in [2.45, 2.75) is 77.4 Å². The number of benzene rings is 3. The summed E-state index contributed by atoms with van der Waals surface area (Å²) in [4.78, 5) is 31.8. The SMILES string of the molecule is COc1ccc(C(NC(=O)Cc2ccc3[nH]cc(CCC(=O)OC(C)(C)C)c3c2)c2ccccc2)c(N2CCCCCC2)c1. The van der Waals surface area contributed by atoms with Crippen LogP contribution in [0, 0.1) is 0 Å². The fraction of sp³-hybridized carbons (Fsp3) is 0.405. The highest BCUT2D eigenvalue weighted by Crippen LogP contribution is 2.35. The maximum Gasteiger partial charge on any atom is 0.306 e. The summed E-state index contributed by atoms with van der Waals surface area (Å²) in [7, 11) is 1.70. The number of esters is 1. The lowest BCUT2D eigenvalue weighted by molar-refractivity contribution is -0.154. The predicted octanol–water partition coefficient (Wildman–Crippen LogP) is 7.28. The zero-order valence-electron chi connectivity index (χ0n) is 26.4. The smallest absolute Gasteiger partial charge is 0.306 e. The van der Waals surface area contributed by atoms with Crippen molar-refractivity contribution in [1.29, 1.82) is 0 Å². The third kappa shape index (κ3) is 8.01. The zero-order valence-corrected chi connectivity index (χ0v) is 26.4. The highest BCUT2D eigenvalue weighted by molar-refractivity contribution is 5.87. The second kappa shape index (κ2) is 14.0. The molecule has 0 spiro atoms. The number of ether oxygens (including phenoxy) is 2. The van der Waals surface area contributed by atoms with Crippen molar-refractivity contribution in [3.8, 4) is 5.75 Å². The monoisotopic (exact) mass is 595 g/mol. The molecule has 1 amide bonds. The van der Waals surface area contributed by atoms with Crippen LogP contribution >= 0.6 is 0 Å². The Balaban J connectivity index is 1.38. The summed E-state index contributed by atoms with van der Waals surface area (Å²) in [5, 5.41) is 4.40. The average Bonchev–Trinajstić information content (AvgIpc) is 3.20. The van der Waals surface area contributed by atoms with E-state index in [2.05, 4.69) is 45.5 Å². The number of carbonyl (C=O) groups is 2. The van der Waals surface area contributed by atoms with Gasteiger partial charge in [0, 0.05) is 53.9 Å². The van der Waals surface area contributed by atoms with E-state index < -0.39 is 5.60 Å².